The van der Waals surface area contributed by atoms with E-state index in [1.54, 1.807) is 24.3 Å². The highest BCUT2D eigenvalue weighted by Crippen LogP contribution is 2.16. The Hall–Kier alpha value is -1.53. The number of nitrogens with one attached hydrogen (secondary N) is 3. The van der Waals surface area contributed by atoms with Crippen molar-refractivity contribution in [3.05, 3.63) is 29.3 Å². The molecule has 20 heavy (non-hydrogen) atoms. The molecule has 7 heteroatoms. The number of carbonyl (C=O) groups excluding carboxylic acids is 1. The fourth-order valence-corrected chi connectivity index (χ4v) is 1.78. The molecular formula is C13H18ClN3O2S. The topological polar surface area (TPSA) is 62.4 Å². The molecule has 0 heterocycles. The first-order chi connectivity index (χ1) is 9.26. The van der Waals surface area contributed by atoms with Gasteiger partial charge in [-0.05, 0) is 51.2 Å². The number of rotatable bonds is 3. The van der Waals surface area contributed by atoms with Crippen LogP contribution in [0, 0.1) is 0 Å². The van der Waals surface area contributed by atoms with Gasteiger partial charge in [-0.25, -0.2) is 0 Å². The smallest absolute Gasteiger partial charge is 0.276 e. The van der Waals surface area contributed by atoms with Crippen molar-refractivity contribution in [2.75, 3.05) is 6.61 Å². The van der Waals surface area contributed by atoms with E-state index in [1.165, 1.54) is 0 Å². The second-order valence-electron chi connectivity index (χ2n) is 5.12. The molecule has 0 aromatic heterocycles. The molecule has 1 aromatic rings. The fourth-order valence-electron chi connectivity index (χ4n) is 1.24. The summed E-state index contributed by atoms with van der Waals surface area (Å²) in [6, 6.07) is 6.83. The van der Waals surface area contributed by atoms with Gasteiger partial charge in [0.05, 0.1) is 0 Å². The first kappa shape index (κ1) is 16.5. The van der Waals surface area contributed by atoms with Crippen molar-refractivity contribution in [1.29, 1.82) is 0 Å². The number of benzene rings is 1. The van der Waals surface area contributed by atoms with Crippen LogP contribution in [0.2, 0.25) is 5.02 Å². The van der Waals surface area contributed by atoms with Gasteiger partial charge in [-0.15, -0.1) is 0 Å². The van der Waals surface area contributed by atoms with E-state index in [9.17, 15) is 4.79 Å². The third kappa shape index (κ3) is 7.16. The standard InChI is InChI=1S/C13H18ClN3O2S/c1-13(2,3)15-12(20)17-16-11(18)8-19-10-6-4-5-9(14)7-10/h4-7H,8H2,1-3H3,(H,16,18)(H2,15,17,20). The van der Waals surface area contributed by atoms with Gasteiger partial charge in [-0.1, -0.05) is 17.7 Å². The zero-order chi connectivity index (χ0) is 15.2. The van der Waals surface area contributed by atoms with Crippen LogP contribution in [0.3, 0.4) is 0 Å². The molecule has 0 unspecified atom stereocenters. The van der Waals surface area contributed by atoms with Gasteiger partial charge in [0, 0.05) is 10.6 Å². The van der Waals surface area contributed by atoms with Crippen LogP contribution in [0.5, 0.6) is 5.75 Å². The Morgan fingerprint density at radius 2 is 2.05 bits per heavy atom. The molecule has 110 valence electrons. The normalized spacial score (nSPS) is 10.6. The predicted octanol–water partition coefficient (Wildman–Crippen LogP) is 2.01. The Labute approximate surface area is 129 Å². The molecule has 0 radical (unpaired) electrons. The molecule has 0 fully saturated rings. The molecule has 0 spiro atoms. The number of amides is 1. The van der Waals surface area contributed by atoms with E-state index < -0.39 is 0 Å². The zero-order valence-corrected chi connectivity index (χ0v) is 13.2. The third-order valence-corrected chi connectivity index (χ3v) is 2.41. The van der Waals surface area contributed by atoms with E-state index >= 15 is 0 Å². The number of hydrogen-bond acceptors (Lipinski definition) is 3. The molecule has 0 bridgehead atoms. The van der Waals surface area contributed by atoms with Crippen LogP contribution >= 0.6 is 23.8 Å². The molecular weight excluding hydrogens is 298 g/mol. The average molecular weight is 316 g/mol. The van der Waals surface area contributed by atoms with Gasteiger partial charge in [0.15, 0.2) is 11.7 Å². The van der Waals surface area contributed by atoms with Crippen molar-refractivity contribution in [2.24, 2.45) is 0 Å². The number of hydrazine groups is 1. The van der Waals surface area contributed by atoms with Crippen molar-refractivity contribution in [2.45, 2.75) is 26.3 Å². The summed E-state index contributed by atoms with van der Waals surface area (Å²) < 4.78 is 5.28. The van der Waals surface area contributed by atoms with E-state index in [4.69, 9.17) is 28.6 Å². The van der Waals surface area contributed by atoms with E-state index in [0.717, 1.165) is 0 Å². The Morgan fingerprint density at radius 1 is 1.35 bits per heavy atom. The molecule has 1 rings (SSSR count). The molecule has 0 saturated carbocycles. The van der Waals surface area contributed by atoms with Crippen LogP contribution in [0.1, 0.15) is 20.8 Å². The van der Waals surface area contributed by atoms with Crippen LogP contribution in [0.25, 0.3) is 0 Å². The maximum absolute atomic E-state index is 11.6. The number of halogens is 1. The minimum atomic E-state index is -0.344. The van der Waals surface area contributed by atoms with Crippen LogP contribution in [0.4, 0.5) is 0 Å². The fraction of sp³-hybridized carbons (Fsp3) is 0.385. The highest BCUT2D eigenvalue weighted by Gasteiger charge is 2.11. The maximum atomic E-state index is 11.6. The zero-order valence-electron chi connectivity index (χ0n) is 11.6. The Morgan fingerprint density at radius 3 is 2.65 bits per heavy atom. The lowest BCUT2D eigenvalue weighted by Crippen LogP contribution is -2.52. The summed E-state index contributed by atoms with van der Waals surface area (Å²) in [6.07, 6.45) is 0. The summed E-state index contributed by atoms with van der Waals surface area (Å²) in [5, 5.41) is 3.90. The van der Waals surface area contributed by atoms with Crippen LogP contribution in [-0.4, -0.2) is 23.2 Å². The average Bonchev–Trinajstić information content (AvgIpc) is 2.32. The van der Waals surface area contributed by atoms with Crippen molar-refractivity contribution < 1.29 is 9.53 Å². The largest absolute Gasteiger partial charge is 0.484 e. The molecule has 1 aromatic carbocycles. The summed E-state index contributed by atoms with van der Waals surface area (Å²) in [6.45, 7) is 5.76. The summed E-state index contributed by atoms with van der Waals surface area (Å²) in [7, 11) is 0. The highest BCUT2D eigenvalue weighted by atomic mass is 35.5. The van der Waals surface area contributed by atoms with Crippen molar-refractivity contribution >= 4 is 34.8 Å². The first-order valence-corrected chi connectivity index (χ1v) is 6.80. The lowest BCUT2D eigenvalue weighted by molar-refractivity contribution is -0.123. The minimum absolute atomic E-state index is 0.133. The van der Waals surface area contributed by atoms with Crippen LogP contribution in [0.15, 0.2) is 24.3 Å². The number of ether oxygens (including phenoxy) is 1. The maximum Gasteiger partial charge on any atom is 0.276 e. The molecule has 0 aliphatic heterocycles. The molecule has 0 atom stereocenters. The summed E-state index contributed by atoms with van der Waals surface area (Å²) >= 11 is 10.8. The highest BCUT2D eigenvalue weighted by molar-refractivity contribution is 7.80. The molecule has 0 aliphatic rings. The number of hydrogen-bond donors (Lipinski definition) is 3. The van der Waals surface area contributed by atoms with Crippen molar-refractivity contribution in [3.63, 3.8) is 0 Å². The minimum Gasteiger partial charge on any atom is -0.484 e. The Balaban J connectivity index is 2.29. The summed E-state index contributed by atoms with van der Waals surface area (Å²) in [5.41, 5.74) is 4.87. The summed E-state index contributed by atoms with van der Waals surface area (Å²) in [5.74, 6) is 0.186. The van der Waals surface area contributed by atoms with E-state index in [2.05, 4.69) is 16.2 Å². The number of thiocarbonyl (C=S) groups is 1. The molecule has 0 aliphatic carbocycles. The molecule has 0 saturated heterocycles. The summed E-state index contributed by atoms with van der Waals surface area (Å²) in [4.78, 5) is 11.6. The quantitative estimate of drug-likeness (QED) is 0.588. The molecule has 1 amide bonds. The van der Waals surface area contributed by atoms with Gasteiger partial charge in [-0.3, -0.25) is 15.6 Å². The SMILES string of the molecule is CC(C)(C)NC(=S)NNC(=O)COc1cccc(Cl)c1. The van der Waals surface area contributed by atoms with Gasteiger partial charge >= 0.3 is 0 Å². The van der Waals surface area contributed by atoms with Crippen molar-refractivity contribution in [3.8, 4) is 5.75 Å². The van der Waals surface area contributed by atoms with E-state index in [1.807, 2.05) is 20.8 Å². The van der Waals surface area contributed by atoms with Crippen molar-refractivity contribution in [1.82, 2.24) is 16.2 Å². The number of carbonyl (C=O) groups is 1. The van der Waals surface area contributed by atoms with Gasteiger partial charge in [0.2, 0.25) is 0 Å². The Kier molecular flexibility index (Phi) is 6.04. The lowest BCUT2D eigenvalue weighted by atomic mass is 10.1. The van der Waals surface area contributed by atoms with Gasteiger partial charge in [-0.2, -0.15) is 0 Å². The van der Waals surface area contributed by atoms with Gasteiger partial charge in [0.25, 0.3) is 5.91 Å². The first-order valence-electron chi connectivity index (χ1n) is 6.01. The van der Waals surface area contributed by atoms with E-state index in [-0.39, 0.29) is 18.1 Å². The van der Waals surface area contributed by atoms with E-state index in [0.29, 0.717) is 15.9 Å². The lowest BCUT2D eigenvalue weighted by Gasteiger charge is -2.23. The van der Waals surface area contributed by atoms with Crippen LogP contribution < -0.4 is 20.9 Å². The third-order valence-electron chi connectivity index (χ3n) is 1.97. The monoisotopic (exact) mass is 315 g/mol. The Bertz CT molecular complexity index is 489. The second kappa shape index (κ2) is 7.31. The molecule has 3 N–H and O–H groups in total. The predicted molar refractivity (Wildman–Crippen MR) is 83.7 cm³/mol. The molecule has 5 nitrogen and oxygen atoms in total. The van der Waals surface area contributed by atoms with Gasteiger partial charge < -0.3 is 10.1 Å². The van der Waals surface area contributed by atoms with Crippen LogP contribution in [-0.2, 0) is 4.79 Å². The van der Waals surface area contributed by atoms with Gasteiger partial charge in [0.1, 0.15) is 5.75 Å². The second-order valence-corrected chi connectivity index (χ2v) is 5.97.